The van der Waals surface area contributed by atoms with Crippen LogP contribution in [0.1, 0.15) is 31.6 Å². The van der Waals surface area contributed by atoms with Crippen LogP contribution in [0.2, 0.25) is 0 Å². The van der Waals surface area contributed by atoms with Crippen LogP contribution in [-0.4, -0.2) is 39.0 Å². The summed E-state index contributed by atoms with van der Waals surface area (Å²) < 4.78 is 18.6. The van der Waals surface area contributed by atoms with E-state index < -0.39 is 0 Å². The van der Waals surface area contributed by atoms with Gasteiger partial charge in [-0.25, -0.2) is 9.37 Å². The predicted octanol–water partition coefficient (Wildman–Crippen LogP) is 4.16. The number of benzene rings is 1. The van der Waals surface area contributed by atoms with Gasteiger partial charge in [0.05, 0.1) is 18.3 Å². The summed E-state index contributed by atoms with van der Waals surface area (Å²) in [5, 5.41) is 5.01. The van der Waals surface area contributed by atoms with E-state index in [1.54, 1.807) is 36.3 Å². The molecule has 0 amide bonds. The van der Waals surface area contributed by atoms with Crippen LogP contribution in [0.3, 0.4) is 0 Å². The van der Waals surface area contributed by atoms with Crippen LogP contribution in [0.5, 0.6) is 0 Å². The molecular formula is C19H20FN5OS. The lowest BCUT2D eigenvalue weighted by molar-refractivity contribution is 0.333. The molecular weight excluding hydrogens is 365 g/mol. The number of rotatable bonds is 5. The second-order valence-electron chi connectivity index (χ2n) is 6.40. The zero-order chi connectivity index (χ0) is 18.6. The van der Waals surface area contributed by atoms with E-state index >= 15 is 0 Å². The summed E-state index contributed by atoms with van der Waals surface area (Å²) in [6.45, 7) is 3.80. The number of nitrogens with zero attached hydrogens (tertiary/aromatic N) is 5. The zero-order valence-corrected chi connectivity index (χ0v) is 15.8. The van der Waals surface area contributed by atoms with Gasteiger partial charge < -0.3 is 9.42 Å². The first-order valence-electron chi connectivity index (χ1n) is 9.02. The highest BCUT2D eigenvalue weighted by atomic mass is 32.2. The molecule has 1 aromatic carbocycles. The number of hydrogen-bond donors (Lipinski definition) is 0. The van der Waals surface area contributed by atoms with Crippen molar-refractivity contribution in [3.8, 4) is 11.4 Å². The Labute approximate surface area is 161 Å². The van der Waals surface area contributed by atoms with Crippen LogP contribution in [-0.2, 0) is 0 Å². The Kier molecular flexibility index (Phi) is 5.33. The molecule has 0 spiro atoms. The van der Waals surface area contributed by atoms with Crippen LogP contribution in [0, 0.1) is 5.82 Å². The number of anilines is 1. The molecule has 3 aromatic rings. The summed E-state index contributed by atoms with van der Waals surface area (Å²) in [5.74, 6) is 2.82. The van der Waals surface area contributed by atoms with Crippen LogP contribution < -0.4 is 4.90 Å². The quantitative estimate of drug-likeness (QED) is 0.611. The van der Waals surface area contributed by atoms with E-state index in [0.29, 0.717) is 11.7 Å². The second-order valence-corrected chi connectivity index (χ2v) is 7.68. The van der Waals surface area contributed by atoms with Crippen LogP contribution in [0.15, 0.2) is 46.2 Å². The summed E-state index contributed by atoms with van der Waals surface area (Å²) in [6, 6.07) is 6.11. The smallest absolute Gasteiger partial charge is 0.231 e. The lowest BCUT2D eigenvalue weighted by Crippen LogP contribution is -2.35. The molecule has 1 fully saturated rings. The largest absolute Gasteiger partial charge is 0.355 e. The number of aromatic nitrogens is 4. The van der Waals surface area contributed by atoms with Crippen molar-refractivity contribution < 1.29 is 8.91 Å². The van der Waals surface area contributed by atoms with Gasteiger partial charge in [0.15, 0.2) is 0 Å². The normalized spacial score (nSPS) is 17.3. The maximum absolute atomic E-state index is 13.1. The minimum atomic E-state index is -0.282. The van der Waals surface area contributed by atoms with E-state index in [-0.39, 0.29) is 11.7 Å². The fourth-order valence-corrected chi connectivity index (χ4v) is 3.80. The highest BCUT2D eigenvalue weighted by Crippen LogP contribution is 2.30. The molecule has 1 aliphatic rings. The standard InChI is InChI=1S/C19H20FN5OS/c1-2-27-17-11-21-10-16(22-17)25-9-3-4-14(12-25)19-23-18(24-26-19)13-5-7-15(20)8-6-13/h5-8,10-11,14H,2-4,9,12H2,1H3. The van der Waals surface area contributed by atoms with Crippen molar-refractivity contribution in [2.75, 3.05) is 23.7 Å². The van der Waals surface area contributed by atoms with Crippen molar-refractivity contribution in [2.45, 2.75) is 30.7 Å². The third kappa shape index (κ3) is 4.10. The topological polar surface area (TPSA) is 67.9 Å². The van der Waals surface area contributed by atoms with Gasteiger partial charge in [-0.05, 0) is 42.9 Å². The van der Waals surface area contributed by atoms with E-state index in [1.807, 2.05) is 0 Å². The average molecular weight is 385 g/mol. The molecule has 0 radical (unpaired) electrons. The monoisotopic (exact) mass is 385 g/mol. The van der Waals surface area contributed by atoms with Crippen molar-refractivity contribution in [3.63, 3.8) is 0 Å². The molecule has 0 bridgehead atoms. The first-order valence-corrected chi connectivity index (χ1v) is 10.0. The van der Waals surface area contributed by atoms with Crippen molar-refractivity contribution >= 4 is 17.6 Å². The van der Waals surface area contributed by atoms with Gasteiger partial charge >= 0.3 is 0 Å². The van der Waals surface area contributed by atoms with Gasteiger partial charge in [0.2, 0.25) is 11.7 Å². The first kappa shape index (κ1) is 17.9. The molecule has 0 N–H and O–H groups in total. The first-order chi connectivity index (χ1) is 13.2. The third-order valence-electron chi connectivity index (χ3n) is 4.53. The molecule has 1 atom stereocenters. The maximum atomic E-state index is 13.1. The van der Waals surface area contributed by atoms with Crippen molar-refractivity contribution in [2.24, 2.45) is 0 Å². The summed E-state index contributed by atoms with van der Waals surface area (Å²) in [4.78, 5) is 15.8. The minimum Gasteiger partial charge on any atom is -0.355 e. The molecule has 6 nitrogen and oxygen atoms in total. The Morgan fingerprint density at radius 3 is 2.89 bits per heavy atom. The molecule has 1 unspecified atom stereocenters. The lowest BCUT2D eigenvalue weighted by Gasteiger charge is -2.31. The predicted molar refractivity (Wildman–Crippen MR) is 102 cm³/mol. The number of halogens is 1. The van der Waals surface area contributed by atoms with Crippen LogP contribution >= 0.6 is 11.8 Å². The van der Waals surface area contributed by atoms with Crippen LogP contribution in [0.25, 0.3) is 11.4 Å². The number of piperidine rings is 1. The summed E-state index contributed by atoms with van der Waals surface area (Å²) in [5.41, 5.74) is 0.745. The molecule has 4 rings (SSSR count). The van der Waals surface area contributed by atoms with Gasteiger partial charge in [-0.3, -0.25) is 4.98 Å². The van der Waals surface area contributed by atoms with E-state index in [9.17, 15) is 4.39 Å². The Morgan fingerprint density at radius 1 is 1.22 bits per heavy atom. The molecule has 3 heterocycles. The van der Waals surface area contributed by atoms with Crippen LogP contribution in [0.4, 0.5) is 10.2 Å². The highest BCUT2D eigenvalue weighted by Gasteiger charge is 2.27. The maximum Gasteiger partial charge on any atom is 0.231 e. The van der Waals surface area contributed by atoms with Crippen molar-refractivity contribution in [3.05, 3.63) is 48.4 Å². The Morgan fingerprint density at radius 2 is 2.07 bits per heavy atom. The van der Waals surface area contributed by atoms with Gasteiger partial charge in [0.1, 0.15) is 16.7 Å². The lowest BCUT2D eigenvalue weighted by atomic mass is 9.98. The van der Waals surface area contributed by atoms with E-state index in [1.165, 1.54) is 12.1 Å². The number of thioether (sulfide) groups is 1. The number of hydrogen-bond acceptors (Lipinski definition) is 7. The summed E-state index contributed by atoms with van der Waals surface area (Å²) >= 11 is 1.68. The van der Waals surface area contributed by atoms with Crippen molar-refractivity contribution in [1.82, 2.24) is 20.1 Å². The Hall–Kier alpha value is -2.48. The van der Waals surface area contributed by atoms with Gasteiger partial charge in [-0.1, -0.05) is 12.1 Å². The fourth-order valence-electron chi connectivity index (χ4n) is 3.21. The van der Waals surface area contributed by atoms with Gasteiger partial charge in [-0.2, -0.15) is 4.98 Å². The molecule has 27 heavy (non-hydrogen) atoms. The Balaban J connectivity index is 1.50. The van der Waals surface area contributed by atoms with E-state index in [0.717, 1.165) is 48.1 Å². The molecule has 140 valence electrons. The molecule has 8 heteroatoms. The van der Waals surface area contributed by atoms with Gasteiger partial charge in [-0.15, -0.1) is 11.8 Å². The van der Waals surface area contributed by atoms with E-state index in [2.05, 4.69) is 26.9 Å². The van der Waals surface area contributed by atoms with Crippen molar-refractivity contribution in [1.29, 1.82) is 0 Å². The molecule has 0 aliphatic carbocycles. The second kappa shape index (κ2) is 8.04. The highest BCUT2D eigenvalue weighted by molar-refractivity contribution is 7.99. The zero-order valence-electron chi connectivity index (χ0n) is 15.0. The van der Waals surface area contributed by atoms with Gasteiger partial charge in [0.25, 0.3) is 0 Å². The summed E-state index contributed by atoms with van der Waals surface area (Å²) in [7, 11) is 0. The SMILES string of the molecule is CCSc1cncc(N2CCCC(c3nc(-c4ccc(F)cc4)no3)C2)n1. The fraction of sp³-hybridized carbons (Fsp3) is 0.368. The molecule has 0 saturated carbocycles. The molecule has 2 aromatic heterocycles. The molecule has 1 saturated heterocycles. The van der Waals surface area contributed by atoms with E-state index in [4.69, 9.17) is 9.51 Å². The average Bonchev–Trinajstić information content (AvgIpc) is 3.19. The molecule has 1 aliphatic heterocycles. The minimum absolute atomic E-state index is 0.143. The third-order valence-corrected chi connectivity index (χ3v) is 5.31. The Bertz CT molecular complexity index is 901. The van der Waals surface area contributed by atoms with Gasteiger partial charge in [0, 0.05) is 18.7 Å². The summed E-state index contributed by atoms with van der Waals surface area (Å²) in [6.07, 6.45) is 5.61.